The molecule has 0 radical (unpaired) electrons. The zero-order valence-electron chi connectivity index (χ0n) is 13.1. The van der Waals surface area contributed by atoms with Crippen molar-refractivity contribution in [2.45, 2.75) is 4.90 Å². The third kappa shape index (κ3) is 3.91. The monoisotopic (exact) mass is 452 g/mol. The Hall–Kier alpha value is -1.15. The number of rotatable bonds is 5. The molecule has 0 fully saturated rings. The maximum absolute atomic E-state index is 12.8. The summed E-state index contributed by atoms with van der Waals surface area (Å²) in [6.45, 7) is 0. The molecule has 0 amide bonds. The van der Waals surface area contributed by atoms with Crippen molar-refractivity contribution in [2.75, 3.05) is 30.8 Å². The lowest BCUT2D eigenvalue weighted by Gasteiger charge is -2.20. The van der Waals surface area contributed by atoms with Gasteiger partial charge in [-0.2, -0.15) is 0 Å². The summed E-state index contributed by atoms with van der Waals surface area (Å²) >= 11 is 15.4. The molecule has 1 N–H and O–H groups in total. The zero-order valence-corrected chi connectivity index (χ0v) is 17.0. The molecule has 2 aromatic carbocycles. The largest absolute Gasteiger partial charge is 0.494 e. The minimum absolute atomic E-state index is 0.0749. The Bertz CT molecular complexity index is 873. The average molecular weight is 454 g/mol. The lowest BCUT2D eigenvalue weighted by molar-refractivity contribution is 0.400. The van der Waals surface area contributed by atoms with Gasteiger partial charge in [0.05, 0.1) is 28.0 Å². The Balaban J connectivity index is 2.57. The number of para-hydroxylation sites is 1. The van der Waals surface area contributed by atoms with Crippen LogP contribution in [0, 0.1) is 0 Å². The summed E-state index contributed by atoms with van der Waals surface area (Å²) < 4.78 is 33.9. The van der Waals surface area contributed by atoms with Gasteiger partial charge in [0, 0.05) is 19.1 Å². The van der Waals surface area contributed by atoms with Gasteiger partial charge < -0.3 is 9.64 Å². The third-order valence-electron chi connectivity index (χ3n) is 3.15. The molecule has 0 heterocycles. The number of anilines is 2. The standard InChI is InChI=1S/C15H15BrCl2N2O3S/c1-20(2)14-11(18)5-4-6-12(14)19-24(21,22)13-8-9(17)7-10(16)15(13)23-3/h4-8,19H,1-3H3. The number of hydrogen-bond donors (Lipinski definition) is 1. The van der Waals surface area contributed by atoms with Gasteiger partial charge in [-0.25, -0.2) is 8.42 Å². The number of benzene rings is 2. The molecule has 0 saturated heterocycles. The van der Waals surface area contributed by atoms with Crippen molar-refractivity contribution in [1.29, 1.82) is 0 Å². The fourth-order valence-electron chi connectivity index (χ4n) is 2.19. The summed E-state index contributed by atoms with van der Waals surface area (Å²) in [4.78, 5) is 1.65. The summed E-state index contributed by atoms with van der Waals surface area (Å²) in [5, 5.41) is 0.696. The minimum Gasteiger partial charge on any atom is -0.494 e. The fourth-order valence-corrected chi connectivity index (χ4v) is 4.98. The second kappa shape index (κ2) is 7.39. The first kappa shape index (κ1) is 19.2. The maximum atomic E-state index is 12.8. The van der Waals surface area contributed by atoms with E-state index in [1.54, 1.807) is 43.3 Å². The first-order valence-corrected chi connectivity index (χ1v) is 9.72. The van der Waals surface area contributed by atoms with Crippen LogP contribution in [0.1, 0.15) is 0 Å². The van der Waals surface area contributed by atoms with E-state index in [2.05, 4.69) is 20.7 Å². The first-order chi connectivity index (χ1) is 11.2. The molecule has 5 nitrogen and oxygen atoms in total. The van der Waals surface area contributed by atoms with Gasteiger partial charge in [-0.3, -0.25) is 4.72 Å². The first-order valence-electron chi connectivity index (χ1n) is 6.69. The van der Waals surface area contributed by atoms with Gasteiger partial charge in [0.25, 0.3) is 10.0 Å². The van der Waals surface area contributed by atoms with Gasteiger partial charge in [-0.05, 0) is 40.2 Å². The average Bonchev–Trinajstić information content (AvgIpc) is 2.45. The summed E-state index contributed by atoms with van der Waals surface area (Å²) in [6.07, 6.45) is 0. The molecule has 2 rings (SSSR count). The summed E-state index contributed by atoms with van der Waals surface area (Å²) in [5.74, 6) is 0.167. The normalized spacial score (nSPS) is 11.2. The van der Waals surface area contributed by atoms with E-state index in [9.17, 15) is 8.42 Å². The van der Waals surface area contributed by atoms with E-state index < -0.39 is 10.0 Å². The van der Waals surface area contributed by atoms with Crippen LogP contribution in [-0.2, 0) is 10.0 Å². The van der Waals surface area contributed by atoms with Gasteiger partial charge in [0.2, 0.25) is 0 Å². The number of ether oxygens (including phenoxy) is 1. The number of hydrogen-bond acceptors (Lipinski definition) is 4. The van der Waals surface area contributed by atoms with Crippen LogP contribution in [0.5, 0.6) is 5.75 Å². The van der Waals surface area contributed by atoms with E-state index in [-0.39, 0.29) is 15.7 Å². The van der Waals surface area contributed by atoms with Crippen LogP contribution in [-0.4, -0.2) is 29.6 Å². The van der Waals surface area contributed by atoms with Crippen LogP contribution in [0.3, 0.4) is 0 Å². The van der Waals surface area contributed by atoms with Gasteiger partial charge in [0.15, 0.2) is 5.75 Å². The van der Waals surface area contributed by atoms with E-state index in [4.69, 9.17) is 27.9 Å². The lowest BCUT2D eigenvalue weighted by atomic mass is 10.2. The molecule has 0 saturated carbocycles. The topological polar surface area (TPSA) is 58.6 Å². The maximum Gasteiger partial charge on any atom is 0.265 e. The summed E-state index contributed by atoms with van der Waals surface area (Å²) in [6, 6.07) is 7.87. The predicted molar refractivity (Wildman–Crippen MR) is 102 cm³/mol. The molecule has 130 valence electrons. The van der Waals surface area contributed by atoms with Gasteiger partial charge in [0.1, 0.15) is 4.90 Å². The van der Waals surface area contributed by atoms with Crippen molar-refractivity contribution >= 4 is 60.5 Å². The van der Waals surface area contributed by atoms with E-state index in [1.807, 2.05) is 0 Å². The van der Waals surface area contributed by atoms with E-state index >= 15 is 0 Å². The van der Waals surface area contributed by atoms with Crippen LogP contribution < -0.4 is 14.4 Å². The smallest absolute Gasteiger partial charge is 0.265 e. The third-order valence-corrected chi connectivity index (χ3v) is 5.63. The van der Waals surface area contributed by atoms with E-state index in [0.29, 0.717) is 20.9 Å². The number of nitrogens with one attached hydrogen (secondary N) is 1. The molecule has 2 aromatic rings. The molecule has 0 bridgehead atoms. The zero-order chi connectivity index (χ0) is 18.1. The van der Waals surface area contributed by atoms with Gasteiger partial charge in [-0.15, -0.1) is 0 Å². The Labute approximate surface area is 159 Å². The quantitative estimate of drug-likeness (QED) is 0.716. The van der Waals surface area contributed by atoms with Crippen molar-refractivity contribution in [3.63, 3.8) is 0 Å². The highest BCUT2D eigenvalue weighted by molar-refractivity contribution is 9.10. The molecule has 0 atom stereocenters. The second-order valence-corrected chi connectivity index (χ2v) is 8.40. The number of sulfonamides is 1. The molecule has 0 aliphatic rings. The van der Waals surface area contributed by atoms with Gasteiger partial charge >= 0.3 is 0 Å². The number of methoxy groups -OCH3 is 1. The van der Waals surface area contributed by atoms with Crippen LogP contribution in [0.25, 0.3) is 0 Å². The van der Waals surface area contributed by atoms with Crippen molar-refractivity contribution in [1.82, 2.24) is 0 Å². The number of nitrogens with zero attached hydrogens (tertiary/aromatic N) is 1. The molecule has 0 aliphatic heterocycles. The Morgan fingerprint density at radius 1 is 1.21 bits per heavy atom. The lowest BCUT2D eigenvalue weighted by Crippen LogP contribution is -2.18. The predicted octanol–water partition coefficient (Wildman–Crippen LogP) is 4.63. The molecule has 9 heteroatoms. The van der Waals surface area contributed by atoms with Crippen LogP contribution in [0.2, 0.25) is 10.0 Å². The summed E-state index contributed by atoms with van der Waals surface area (Å²) in [7, 11) is 0.985. The minimum atomic E-state index is -3.95. The van der Waals surface area contributed by atoms with Crippen LogP contribution >= 0.6 is 39.1 Å². The van der Waals surface area contributed by atoms with Crippen molar-refractivity contribution < 1.29 is 13.2 Å². The van der Waals surface area contributed by atoms with Gasteiger partial charge in [-0.1, -0.05) is 29.3 Å². The molecule has 0 aliphatic carbocycles. The molecule has 0 spiro atoms. The van der Waals surface area contributed by atoms with Crippen molar-refractivity contribution in [3.8, 4) is 5.75 Å². The summed E-state index contributed by atoms with van der Waals surface area (Å²) in [5.41, 5.74) is 0.911. The Morgan fingerprint density at radius 3 is 2.46 bits per heavy atom. The number of halogens is 3. The van der Waals surface area contributed by atoms with E-state index in [0.717, 1.165) is 0 Å². The van der Waals surface area contributed by atoms with Crippen molar-refractivity contribution in [2.24, 2.45) is 0 Å². The Kier molecular flexibility index (Phi) is 5.91. The molecule has 0 aromatic heterocycles. The SMILES string of the molecule is COc1c(Br)cc(Cl)cc1S(=O)(=O)Nc1cccc(Cl)c1N(C)C. The molecule has 0 unspecified atom stereocenters. The fraction of sp³-hybridized carbons (Fsp3) is 0.200. The molecular formula is C15H15BrCl2N2O3S. The molecule has 24 heavy (non-hydrogen) atoms. The van der Waals surface area contributed by atoms with Crippen molar-refractivity contribution in [3.05, 3.63) is 44.8 Å². The van der Waals surface area contributed by atoms with E-state index in [1.165, 1.54) is 13.2 Å². The Morgan fingerprint density at radius 2 is 1.88 bits per heavy atom. The van der Waals surface area contributed by atoms with Crippen LogP contribution in [0.4, 0.5) is 11.4 Å². The highest BCUT2D eigenvalue weighted by Gasteiger charge is 2.24. The second-order valence-electron chi connectivity index (χ2n) is 5.05. The highest BCUT2D eigenvalue weighted by Crippen LogP contribution is 2.38. The van der Waals surface area contributed by atoms with Crippen LogP contribution in [0.15, 0.2) is 39.7 Å². The molecular weight excluding hydrogens is 439 g/mol. The highest BCUT2D eigenvalue weighted by atomic mass is 79.9.